The average molecular weight is 291 g/mol. The van der Waals surface area contributed by atoms with Gasteiger partial charge in [-0.05, 0) is 0 Å². The molecule has 1 amide bonds. The molecule has 0 saturated heterocycles. The van der Waals surface area contributed by atoms with Gasteiger partial charge < -0.3 is 4.90 Å². The monoisotopic (exact) mass is 291 g/mol. The SMILES string of the molecule is CN(C)C(=O)c1cnc(CI)cn1. The van der Waals surface area contributed by atoms with Crippen LogP contribution in [0.5, 0.6) is 0 Å². The van der Waals surface area contributed by atoms with Gasteiger partial charge in [0.15, 0.2) is 0 Å². The number of rotatable bonds is 2. The van der Waals surface area contributed by atoms with Crippen molar-refractivity contribution in [2.45, 2.75) is 4.43 Å². The number of halogens is 1. The summed E-state index contributed by atoms with van der Waals surface area (Å²) in [5.41, 5.74) is 1.27. The van der Waals surface area contributed by atoms with Gasteiger partial charge in [0.25, 0.3) is 5.91 Å². The van der Waals surface area contributed by atoms with Crippen LogP contribution in [0.15, 0.2) is 12.4 Å². The van der Waals surface area contributed by atoms with Crippen molar-refractivity contribution in [1.29, 1.82) is 0 Å². The van der Waals surface area contributed by atoms with Gasteiger partial charge >= 0.3 is 0 Å². The third-order valence-electron chi connectivity index (χ3n) is 1.47. The molecule has 0 aliphatic heterocycles. The highest BCUT2D eigenvalue weighted by Gasteiger charge is 2.09. The van der Waals surface area contributed by atoms with Crippen molar-refractivity contribution in [2.24, 2.45) is 0 Å². The van der Waals surface area contributed by atoms with Crippen LogP contribution in [0.1, 0.15) is 16.2 Å². The van der Waals surface area contributed by atoms with Crippen LogP contribution < -0.4 is 0 Å². The van der Waals surface area contributed by atoms with Crippen molar-refractivity contribution in [3.05, 3.63) is 23.8 Å². The zero-order valence-corrected chi connectivity index (χ0v) is 9.65. The minimum Gasteiger partial charge on any atom is -0.343 e. The van der Waals surface area contributed by atoms with Crippen LogP contribution in [-0.4, -0.2) is 34.9 Å². The topological polar surface area (TPSA) is 46.1 Å². The van der Waals surface area contributed by atoms with Gasteiger partial charge in [-0.1, -0.05) is 22.6 Å². The molecular formula is C8H10IN3O. The van der Waals surface area contributed by atoms with E-state index in [1.165, 1.54) is 11.1 Å². The quantitative estimate of drug-likeness (QED) is 0.606. The molecule has 5 heteroatoms. The zero-order valence-electron chi connectivity index (χ0n) is 7.49. The average Bonchev–Trinajstić information content (AvgIpc) is 2.17. The first-order valence-corrected chi connectivity index (χ1v) is 5.26. The van der Waals surface area contributed by atoms with Crippen LogP contribution >= 0.6 is 22.6 Å². The summed E-state index contributed by atoms with van der Waals surface area (Å²) in [4.78, 5) is 20.9. The lowest BCUT2D eigenvalue weighted by Gasteiger charge is -2.08. The molecule has 0 fully saturated rings. The van der Waals surface area contributed by atoms with Crippen LogP contribution in [0.25, 0.3) is 0 Å². The van der Waals surface area contributed by atoms with Crippen LogP contribution in [0.4, 0.5) is 0 Å². The van der Waals surface area contributed by atoms with Gasteiger partial charge in [0, 0.05) is 18.5 Å². The van der Waals surface area contributed by atoms with Gasteiger partial charge in [0.05, 0.1) is 18.1 Å². The number of carbonyl (C=O) groups excluding carboxylic acids is 1. The number of aromatic nitrogens is 2. The first kappa shape index (κ1) is 10.4. The fourth-order valence-corrected chi connectivity index (χ4v) is 1.16. The molecule has 0 saturated carbocycles. The van der Waals surface area contributed by atoms with E-state index >= 15 is 0 Å². The Hall–Kier alpha value is -0.720. The maximum atomic E-state index is 11.4. The highest BCUT2D eigenvalue weighted by molar-refractivity contribution is 14.1. The third kappa shape index (κ3) is 2.61. The second kappa shape index (κ2) is 4.50. The molecule has 1 rings (SSSR count). The Labute approximate surface area is 90.5 Å². The van der Waals surface area contributed by atoms with Crippen molar-refractivity contribution < 1.29 is 4.79 Å². The van der Waals surface area contributed by atoms with E-state index in [0.717, 1.165) is 10.1 Å². The molecule has 4 nitrogen and oxygen atoms in total. The zero-order chi connectivity index (χ0) is 9.84. The second-order valence-electron chi connectivity index (χ2n) is 2.73. The van der Waals surface area contributed by atoms with Crippen molar-refractivity contribution in [1.82, 2.24) is 14.9 Å². The van der Waals surface area contributed by atoms with Crippen molar-refractivity contribution in [2.75, 3.05) is 14.1 Å². The molecule has 0 N–H and O–H groups in total. The van der Waals surface area contributed by atoms with E-state index in [4.69, 9.17) is 0 Å². The van der Waals surface area contributed by atoms with Gasteiger partial charge in [0.2, 0.25) is 0 Å². The molecule has 0 spiro atoms. The van der Waals surface area contributed by atoms with Crippen molar-refractivity contribution in [3.8, 4) is 0 Å². The van der Waals surface area contributed by atoms with E-state index in [1.54, 1.807) is 20.3 Å². The van der Waals surface area contributed by atoms with Gasteiger partial charge in [-0.3, -0.25) is 9.78 Å². The third-order valence-corrected chi connectivity index (χ3v) is 2.25. The van der Waals surface area contributed by atoms with Crippen LogP contribution in [0.2, 0.25) is 0 Å². The predicted molar refractivity (Wildman–Crippen MR) is 57.8 cm³/mol. The number of hydrogen-bond acceptors (Lipinski definition) is 3. The highest BCUT2D eigenvalue weighted by atomic mass is 127. The molecule has 0 unspecified atom stereocenters. The standard InChI is InChI=1S/C8H10IN3O/c1-12(2)8(13)7-5-10-6(3-9)4-11-7/h4-5H,3H2,1-2H3. The van der Waals surface area contributed by atoms with Crippen molar-refractivity contribution >= 4 is 28.5 Å². The second-order valence-corrected chi connectivity index (χ2v) is 3.49. The molecule has 13 heavy (non-hydrogen) atoms. The summed E-state index contributed by atoms with van der Waals surface area (Å²) in [6.07, 6.45) is 3.14. The van der Waals surface area contributed by atoms with E-state index < -0.39 is 0 Å². The van der Waals surface area contributed by atoms with E-state index in [2.05, 4.69) is 32.6 Å². The molecule has 0 aromatic carbocycles. The van der Waals surface area contributed by atoms with E-state index in [0.29, 0.717) is 5.69 Å². The molecule has 1 aromatic rings. The number of hydrogen-bond donors (Lipinski definition) is 0. The van der Waals surface area contributed by atoms with Gasteiger partial charge in [-0.15, -0.1) is 0 Å². The molecule has 0 aliphatic carbocycles. The fraction of sp³-hybridized carbons (Fsp3) is 0.375. The van der Waals surface area contributed by atoms with E-state index in [9.17, 15) is 4.79 Å². The van der Waals surface area contributed by atoms with Crippen LogP contribution in [-0.2, 0) is 4.43 Å². The molecule has 1 aromatic heterocycles. The summed E-state index contributed by atoms with van der Waals surface area (Å²) in [5.74, 6) is -0.118. The highest BCUT2D eigenvalue weighted by Crippen LogP contribution is 2.02. The summed E-state index contributed by atoms with van der Waals surface area (Å²) in [6.45, 7) is 0. The van der Waals surface area contributed by atoms with Crippen LogP contribution in [0.3, 0.4) is 0 Å². The lowest BCUT2D eigenvalue weighted by molar-refractivity contribution is 0.0821. The lowest BCUT2D eigenvalue weighted by atomic mass is 10.4. The maximum Gasteiger partial charge on any atom is 0.273 e. The van der Waals surface area contributed by atoms with E-state index in [-0.39, 0.29) is 5.91 Å². The Balaban J connectivity index is 2.86. The Bertz CT molecular complexity index is 297. The summed E-state index contributed by atoms with van der Waals surface area (Å²) in [6, 6.07) is 0. The summed E-state index contributed by atoms with van der Waals surface area (Å²) in [5, 5.41) is 0. The Morgan fingerprint density at radius 3 is 2.54 bits per heavy atom. The number of carbonyl (C=O) groups is 1. The predicted octanol–water partition coefficient (Wildman–Crippen LogP) is 1.11. The summed E-state index contributed by atoms with van der Waals surface area (Å²) in [7, 11) is 3.38. The number of nitrogens with zero attached hydrogens (tertiary/aromatic N) is 3. The number of alkyl halides is 1. The van der Waals surface area contributed by atoms with E-state index in [1.807, 2.05) is 0 Å². The molecule has 0 aliphatic rings. The molecule has 1 heterocycles. The molecular weight excluding hydrogens is 281 g/mol. The Morgan fingerprint density at radius 1 is 1.46 bits per heavy atom. The molecule has 0 radical (unpaired) electrons. The minimum absolute atomic E-state index is 0.118. The van der Waals surface area contributed by atoms with Crippen LogP contribution in [0, 0.1) is 0 Å². The smallest absolute Gasteiger partial charge is 0.273 e. The Morgan fingerprint density at radius 2 is 2.15 bits per heavy atom. The molecule has 0 bridgehead atoms. The lowest BCUT2D eigenvalue weighted by Crippen LogP contribution is -2.22. The largest absolute Gasteiger partial charge is 0.343 e. The molecule has 0 atom stereocenters. The normalized spacial score (nSPS) is 9.77. The Kier molecular flexibility index (Phi) is 3.58. The first-order valence-electron chi connectivity index (χ1n) is 3.73. The maximum absolute atomic E-state index is 11.4. The van der Waals surface area contributed by atoms with Gasteiger partial charge in [0.1, 0.15) is 5.69 Å². The molecule has 70 valence electrons. The fourth-order valence-electron chi connectivity index (χ4n) is 0.763. The number of amides is 1. The summed E-state index contributed by atoms with van der Waals surface area (Å²) >= 11 is 2.20. The van der Waals surface area contributed by atoms with Gasteiger partial charge in [-0.2, -0.15) is 0 Å². The first-order chi connectivity index (χ1) is 6.15. The minimum atomic E-state index is -0.118. The van der Waals surface area contributed by atoms with Gasteiger partial charge in [-0.25, -0.2) is 4.98 Å². The summed E-state index contributed by atoms with van der Waals surface area (Å²) < 4.78 is 0.807. The van der Waals surface area contributed by atoms with Crippen molar-refractivity contribution in [3.63, 3.8) is 0 Å².